The van der Waals surface area contributed by atoms with Gasteiger partial charge < -0.3 is 10.1 Å². The fourth-order valence-corrected chi connectivity index (χ4v) is 4.93. The summed E-state index contributed by atoms with van der Waals surface area (Å²) in [6.07, 6.45) is 2.26. The number of ether oxygens (including phenoxy) is 1. The van der Waals surface area contributed by atoms with Crippen LogP contribution in [0, 0.1) is 0 Å². The molecule has 31 heavy (non-hydrogen) atoms. The highest BCUT2D eigenvalue weighted by molar-refractivity contribution is 7.98. The molecular weight excluding hydrogens is 432 g/mol. The van der Waals surface area contributed by atoms with Gasteiger partial charge in [-0.15, -0.1) is 5.10 Å². The zero-order chi connectivity index (χ0) is 21.4. The maximum atomic E-state index is 12.9. The molecule has 2 heterocycles. The first kappa shape index (κ1) is 20.2. The van der Waals surface area contributed by atoms with Crippen molar-refractivity contribution in [2.75, 3.05) is 12.4 Å². The first-order valence-electron chi connectivity index (χ1n) is 10.1. The van der Waals surface area contributed by atoms with Crippen LogP contribution in [0.25, 0.3) is 0 Å². The smallest absolute Gasteiger partial charge is 0.227 e. The van der Waals surface area contributed by atoms with Gasteiger partial charge in [0, 0.05) is 28.5 Å². The minimum absolute atomic E-state index is 0.172. The molecule has 1 atom stereocenters. The Morgan fingerprint density at radius 3 is 2.68 bits per heavy atom. The Bertz CT molecular complexity index is 1160. The number of nitrogens with one attached hydrogen (secondary N) is 1. The largest absolute Gasteiger partial charge is 0.497 e. The molecule has 0 saturated carbocycles. The summed E-state index contributed by atoms with van der Waals surface area (Å²) in [6, 6.07) is 15.3. The van der Waals surface area contributed by atoms with E-state index >= 15 is 0 Å². The van der Waals surface area contributed by atoms with Gasteiger partial charge in [0.15, 0.2) is 5.78 Å². The number of benzene rings is 2. The summed E-state index contributed by atoms with van der Waals surface area (Å²) in [5, 5.41) is 9.53. The molecule has 0 amide bonds. The maximum Gasteiger partial charge on any atom is 0.227 e. The molecule has 0 saturated heterocycles. The molecule has 0 fully saturated rings. The Morgan fingerprint density at radius 1 is 1.16 bits per heavy atom. The topological polar surface area (TPSA) is 69.0 Å². The summed E-state index contributed by atoms with van der Waals surface area (Å²) in [5.74, 6) is 2.36. The Labute approximate surface area is 189 Å². The van der Waals surface area contributed by atoms with Crippen molar-refractivity contribution in [3.63, 3.8) is 0 Å². The molecule has 1 unspecified atom stereocenters. The molecular formula is C23H21ClN4O2S. The van der Waals surface area contributed by atoms with Crippen LogP contribution in [0.3, 0.4) is 0 Å². The molecule has 6 nitrogen and oxygen atoms in total. The minimum Gasteiger partial charge on any atom is -0.497 e. The van der Waals surface area contributed by atoms with Crippen LogP contribution in [0.4, 0.5) is 5.95 Å². The molecule has 2 aliphatic rings. The van der Waals surface area contributed by atoms with Crippen molar-refractivity contribution in [3.8, 4) is 5.75 Å². The maximum absolute atomic E-state index is 12.9. The van der Waals surface area contributed by atoms with Crippen molar-refractivity contribution in [2.24, 2.45) is 0 Å². The zero-order valence-corrected chi connectivity index (χ0v) is 18.5. The lowest BCUT2D eigenvalue weighted by atomic mass is 9.85. The van der Waals surface area contributed by atoms with Crippen molar-refractivity contribution in [1.82, 2.24) is 14.8 Å². The zero-order valence-electron chi connectivity index (χ0n) is 17.0. The number of ketones is 1. The number of methoxy groups -OCH3 is 1. The average Bonchev–Trinajstić information content (AvgIpc) is 3.20. The lowest BCUT2D eigenvalue weighted by Gasteiger charge is -2.32. The lowest BCUT2D eigenvalue weighted by Crippen LogP contribution is -2.31. The second kappa shape index (κ2) is 8.40. The Kier molecular flexibility index (Phi) is 5.46. The second-order valence-corrected chi connectivity index (χ2v) is 8.93. The predicted molar refractivity (Wildman–Crippen MR) is 122 cm³/mol. The van der Waals surface area contributed by atoms with Gasteiger partial charge in [0.1, 0.15) is 11.8 Å². The van der Waals surface area contributed by atoms with E-state index in [4.69, 9.17) is 26.4 Å². The molecule has 158 valence electrons. The number of hydrogen-bond acceptors (Lipinski definition) is 6. The minimum atomic E-state index is -0.290. The van der Waals surface area contributed by atoms with E-state index in [-0.39, 0.29) is 11.8 Å². The molecule has 1 N–H and O–H groups in total. The number of aromatic nitrogens is 3. The van der Waals surface area contributed by atoms with Gasteiger partial charge in [0.05, 0.1) is 7.11 Å². The van der Waals surface area contributed by atoms with Crippen molar-refractivity contribution >= 4 is 35.1 Å². The Hall–Kier alpha value is -2.77. The normalized spacial score (nSPS) is 17.7. The molecule has 2 aromatic carbocycles. The summed E-state index contributed by atoms with van der Waals surface area (Å²) in [4.78, 5) is 17.6. The number of carbonyl (C=O) groups is 1. The van der Waals surface area contributed by atoms with E-state index in [1.54, 1.807) is 18.9 Å². The van der Waals surface area contributed by atoms with Crippen LogP contribution in [-0.2, 0) is 10.5 Å². The van der Waals surface area contributed by atoms with E-state index in [1.165, 1.54) is 0 Å². The van der Waals surface area contributed by atoms with Crippen LogP contribution in [0.2, 0.25) is 5.02 Å². The van der Waals surface area contributed by atoms with Crippen LogP contribution < -0.4 is 10.1 Å². The molecule has 8 heteroatoms. The molecule has 1 aromatic heterocycles. The highest BCUT2D eigenvalue weighted by atomic mass is 35.5. The highest BCUT2D eigenvalue weighted by Gasteiger charge is 2.36. The van der Waals surface area contributed by atoms with Gasteiger partial charge in [-0.3, -0.25) is 4.79 Å². The number of rotatable bonds is 5. The number of allylic oxidation sites excluding steroid dienone is 2. The third kappa shape index (κ3) is 3.95. The number of nitrogens with zero attached hydrogens (tertiary/aromatic N) is 3. The van der Waals surface area contributed by atoms with Crippen molar-refractivity contribution in [3.05, 3.63) is 76.0 Å². The number of hydrogen-bond donors (Lipinski definition) is 1. The fraction of sp³-hybridized carbons (Fsp3) is 0.261. The van der Waals surface area contributed by atoms with Crippen LogP contribution in [0.15, 0.2) is 65.0 Å². The van der Waals surface area contributed by atoms with Crippen molar-refractivity contribution in [2.45, 2.75) is 36.2 Å². The van der Waals surface area contributed by atoms with E-state index in [9.17, 15) is 4.79 Å². The predicted octanol–water partition coefficient (Wildman–Crippen LogP) is 5.25. The third-order valence-corrected chi connectivity index (χ3v) is 6.72. The number of halogens is 1. The summed E-state index contributed by atoms with van der Waals surface area (Å²) in [6.45, 7) is 0. The van der Waals surface area contributed by atoms with Crippen LogP contribution in [0.5, 0.6) is 5.75 Å². The van der Waals surface area contributed by atoms with E-state index < -0.39 is 0 Å². The number of Topliss-reactive ketones (excluding diaryl/α,β-unsaturated/α-hetero) is 1. The summed E-state index contributed by atoms with van der Waals surface area (Å²) in [5.41, 5.74) is 3.90. The number of fused-ring (bicyclic) bond motifs is 1. The summed E-state index contributed by atoms with van der Waals surface area (Å²) < 4.78 is 7.14. The first-order chi connectivity index (χ1) is 15.1. The molecule has 1 aliphatic carbocycles. The van der Waals surface area contributed by atoms with Gasteiger partial charge in [-0.25, -0.2) is 4.68 Å². The standard InChI is InChI=1S/C23H21ClN4O2S/c1-30-17-11-7-15(8-12-17)21-20-18(3-2-4-19(20)29)25-22-26-23(27-28(21)22)31-13-14-5-9-16(24)10-6-14/h5-12,21H,2-4,13H2,1H3,(H,25,26,27). The Morgan fingerprint density at radius 2 is 1.94 bits per heavy atom. The van der Waals surface area contributed by atoms with Gasteiger partial charge >= 0.3 is 0 Å². The van der Waals surface area contributed by atoms with Gasteiger partial charge in [0.25, 0.3) is 0 Å². The van der Waals surface area contributed by atoms with Gasteiger partial charge in [-0.2, -0.15) is 4.98 Å². The molecule has 5 rings (SSSR count). The molecule has 3 aromatic rings. The first-order valence-corrected chi connectivity index (χ1v) is 11.5. The van der Waals surface area contributed by atoms with Gasteiger partial charge in [-0.1, -0.05) is 47.6 Å². The second-order valence-electron chi connectivity index (χ2n) is 7.55. The fourth-order valence-electron chi connectivity index (χ4n) is 4.02. The third-order valence-electron chi connectivity index (χ3n) is 5.56. The quantitative estimate of drug-likeness (QED) is 0.533. The van der Waals surface area contributed by atoms with E-state index in [0.717, 1.165) is 51.8 Å². The van der Waals surface area contributed by atoms with Crippen LogP contribution in [0.1, 0.15) is 36.4 Å². The Balaban J connectivity index is 1.49. The number of carbonyl (C=O) groups excluding carboxylic acids is 1. The monoisotopic (exact) mass is 452 g/mol. The van der Waals surface area contributed by atoms with E-state index in [0.29, 0.717) is 17.5 Å². The molecule has 0 radical (unpaired) electrons. The van der Waals surface area contributed by atoms with Gasteiger partial charge in [-0.05, 0) is 48.2 Å². The van der Waals surface area contributed by atoms with Gasteiger partial charge in [0.2, 0.25) is 11.1 Å². The highest BCUT2D eigenvalue weighted by Crippen LogP contribution is 2.41. The number of thioether (sulfide) groups is 1. The van der Waals surface area contributed by atoms with Crippen LogP contribution in [-0.4, -0.2) is 27.7 Å². The van der Waals surface area contributed by atoms with Crippen molar-refractivity contribution < 1.29 is 9.53 Å². The molecule has 0 bridgehead atoms. The SMILES string of the molecule is COc1ccc(C2C3=C(CCCC3=O)Nc3nc(SCc4ccc(Cl)cc4)nn32)cc1. The van der Waals surface area contributed by atoms with Crippen molar-refractivity contribution in [1.29, 1.82) is 0 Å². The van der Waals surface area contributed by atoms with E-state index in [1.807, 2.05) is 53.2 Å². The molecule has 0 spiro atoms. The average molecular weight is 453 g/mol. The van der Waals surface area contributed by atoms with Crippen LogP contribution >= 0.6 is 23.4 Å². The molecule has 1 aliphatic heterocycles. The summed E-state index contributed by atoms with van der Waals surface area (Å²) in [7, 11) is 1.64. The summed E-state index contributed by atoms with van der Waals surface area (Å²) >= 11 is 7.54. The lowest BCUT2D eigenvalue weighted by molar-refractivity contribution is -0.116. The van der Waals surface area contributed by atoms with E-state index in [2.05, 4.69) is 5.32 Å². The number of anilines is 1.